The van der Waals surface area contributed by atoms with E-state index in [0.29, 0.717) is 31.6 Å². The van der Waals surface area contributed by atoms with E-state index in [1.807, 2.05) is 0 Å². The van der Waals surface area contributed by atoms with E-state index in [4.69, 9.17) is 0 Å². The highest BCUT2D eigenvalue weighted by atomic mass is 16.2. The molecule has 22 heavy (non-hydrogen) atoms. The Morgan fingerprint density at radius 1 is 1.32 bits per heavy atom. The van der Waals surface area contributed by atoms with Gasteiger partial charge in [0.2, 0.25) is 11.8 Å². The maximum atomic E-state index is 12.3. The van der Waals surface area contributed by atoms with Gasteiger partial charge >= 0.3 is 0 Å². The van der Waals surface area contributed by atoms with Gasteiger partial charge in [0.25, 0.3) is 5.56 Å². The molecule has 3 rings (SSSR count). The maximum absolute atomic E-state index is 12.3. The Balaban J connectivity index is 1.56. The molecule has 7 nitrogen and oxygen atoms in total. The Morgan fingerprint density at radius 3 is 2.91 bits per heavy atom. The first-order chi connectivity index (χ1) is 10.6. The van der Waals surface area contributed by atoms with E-state index in [1.165, 1.54) is 6.07 Å². The van der Waals surface area contributed by atoms with Crippen molar-refractivity contribution in [1.29, 1.82) is 0 Å². The third kappa shape index (κ3) is 2.88. The molecular formula is C15H20N4O3. The Hall–Kier alpha value is -2.18. The summed E-state index contributed by atoms with van der Waals surface area (Å²) in [5, 5.41) is 9.18. The van der Waals surface area contributed by atoms with Crippen molar-refractivity contribution in [3.8, 4) is 0 Å². The summed E-state index contributed by atoms with van der Waals surface area (Å²) in [4.78, 5) is 37.1. The first-order valence-corrected chi connectivity index (χ1v) is 7.70. The number of nitrogens with zero attached hydrogens (tertiary/aromatic N) is 2. The minimum atomic E-state index is -0.371. The van der Waals surface area contributed by atoms with Crippen molar-refractivity contribution in [2.24, 2.45) is 5.41 Å². The van der Waals surface area contributed by atoms with Crippen molar-refractivity contribution >= 4 is 11.8 Å². The van der Waals surface area contributed by atoms with Gasteiger partial charge in [0, 0.05) is 38.5 Å². The molecule has 0 saturated carbocycles. The molecule has 2 aliphatic rings. The predicted octanol–water partition coefficient (Wildman–Crippen LogP) is -0.169. The monoisotopic (exact) mass is 304 g/mol. The number of likely N-dealkylation sites (tertiary alicyclic amines) is 1. The number of H-pyrrole nitrogens is 1. The minimum absolute atomic E-state index is 0.0447. The second-order valence-corrected chi connectivity index (χ2v) is 6.12. The number of carbonyl (C=O) groups excluding carboxylic acids is 2. The summed E-state index contributed by atoms with van der Waals surface area (Å²) in [5.41, 5.74) is 0.0709. The topological polar surface area (TPSA) is 95.2 Å². The Kier molecular flexibility index (Phi) is 3.96. The van der Waals surface area contributed by atoms with E-state index in [2.05, 4.69) is 15.5 Å². The van der Waals surface area contributed by atoms with E-state index in [0.717, 1.165) is 25.8 Å². The fraction of sp³-hybridized carbons (Fsp3) is 0.600. The summed E-state index contributed by atoms with van der Waals surface area (Å²) in [6.07, 6.45) is 3.43. The summed E-state index contributed by atoms with van der Waals surface area (Å²) in [7, 11) is 0. The number of nitrogens with one attached hydrogen (secondary N) is 2. The third-order valence-electron chi connectivity index (χ3n) is 4.64. The van der Waals surface area contributed by atoms with Gasteiger partial charge in [-0.3, -0.25) is 14.4 Å². The number of rotatable bonds is 3. The molecule has 1 aromatic rings. The summed E-state index contributed by atoms with van der Waals surface area (Å²) in [6, 6.07) is 3.04. The fourth-order valence-corrected chi connectivity index (χ4v) is 3.31. The second-order valence-electron chi connectivity index (χ2n) is 6.12. The zero-order valence-electron chi connectivity index (χ0n) is 12.4. The van der Waals surface area contributed by atoms with Crippen molar-refractivity contribution in [2.75, 3.05) is 19.6 Å². The minimum Gasteiger partial charge on any atom is -0.356 e. The van der Waals surface area contributed by atoms with Crippen LogP contribution in [-0.2, 0) is 16.0 Å². The molecule has 1 aromatic heterocycles. The number of hydrogen-bond acceptors (Lipinski definition) is 4. The molecule has 1 atom stereocenters. The maximum Gasteiger partial charge on any atom is 0.264 e. The highest BCUT2D eigenvalue weighted by Gasteiger charge is 2.46. The van der Waals surface area contributed by atoms with E-state index in [9.17, 15) is 14.4 Å². The van der Waals surface area contributed by atoms with Crippen LogP contribution in [0.15, 0.2) is 16.9 Å². The predicted molar refractivity (Wildman–Crippen MR) is 79.1 cm³/mol. The quantitative estimate of drug-likeness (QED) is 0.810. The molecule has 1 spiro atoms. The number of aromatic amines is 1. The van der Waals surface area contributed by atoms with Crippen molar-refractivity contribution < 1.29 is 9.59 Å². The number of aromatic nitrogens is 2. The van der Waals surface area contributed by atoms with Gasteiger partial charge in [-0.25, -0.2) is 5.10 Å². The summed E-state index contributed by atoms with van der Waals surface area (Å²) in [5.74, 6) is 0.139. The normalized spacial score (nSPS) is 24.5. The first-order valence-electron chi connectivity index (χ1n) is 7.70. The highest BCUT2D eigenvalue weighted by Crippen LogP contribution is 2.37. The van der Waals surface area contributed by atoms with E-state index >= 15 is 0 Å². The molecule has 7 heteroatoms. The number of piperidine rings is 1. The van der Waals surface area contributed by atoms with Gasteiger partial charge in [-0.05, 0) is 25.3 Å². The summed E-state index contributed by atoms with van der Waals surface area (Å²) < 4.78 is 0. The molecule has 2 fully saturated rings. The smallest absolute Gasteiger partial charge is 0.264 e. The molecule has 0 unspecified atom stereocenters. The highest BCUT2D eigenvalue weighted by molar-refractivity contribution is 5.86. The molecule has 2 amide bonds. The van der Waals surface area contributed by atoms with Gasteiger partial charge in [0.1, 0.15) is 0 Å². The summed E-state index contributed by atoms with van der Waals surface area (Å²) in [6.45, 7) is 1.91. The van der Waals surface area contributed by atoms with Crippen LogP contribution < -0.4 is 10.9 Å². The molecule has 0 radical (unpaired) electrons. The molecular weight excluding hydrogens is 284 g/mol. The average molecular weight is 304 g/mol. The van der Waals surface area contributed by atoms with Gasteiger partial charge < -0.3 is 10.2 Å². The molecule has 0 bridgehead atoms. The van der Waals surface area contributed by atoms with Crippen molar-refractivity contribution in [3.05, 3.63) is 28.2 Å². The van der Waals surface area contributed by atoms with Gasteiger partial charge in [0.15, 0.2) is 0 Å². The fourth-order valence-electron chi connectivity index (χ4n) is 3.31. The lowest BCUT2D eigenvalue weighted by molar-refractivity contribution is -0.134. The molecule has 2 saturated heterocycles. The molecule has 2 aliphatic heterocycles. The zero-order chi connectivity index (χ0) is 15.6. The zero-order valence-corrected chi connectivity index (χ0v) is 12.4. The lowest BCUT2D eigenvalue weighted by Gasteiger charge is -2.32. The molecule has 3 heterocycles. The van der Waals surface area contributed by atoms with Crippen molar-refractivity contribution in [1.82, 2.24) is 20.4 Å². The number of aryl methyl sites for hydroxylation is 1. The van der Waals surface area contributed by atoms with Crippen LogP contribution in [0.3, 0.4) is 0 Å². The molecule has 2 N–H and O–H groups in total. The van der Waals surface area contributed by atoms with Gasteiger partial charge in [-0.1, -0.05) is 0 Å². The van der Waals surface area contributed by atoms with Gasteiger partial charge in [0.05, 0.1) is 11.1 Å². The van der Waals surface area contributed by atoms with E-state index in [1.54, 1.807) is 11.0 Å². The van der Waals surface area contributed by atoms with Crippen LogP contribution in [0, 0.1) is 5.41 Å². The molecule has 118 valence electrons. The van der Waals surface area contributed by atoms with E-state index < -0.39 is 0 Å². The standard InChI is InChI=1S/C15H20N4O3/c20-12-4-2-11(17-18-12)3-5-13(21)19-9-7-15(10-19)6-1-8-16-14(15)22/h2,4H,1,3,5-10H2,(H,16,22)(H,18,20)/t15-/m0/s1. The van der Waals surface area contributed by atoms with Crippen LogP contribution in [0.4, 0.5) is 0 Å². The molecule has 0 aromatic carbocycles. The largest absolute Gasteiger partial charge is 0.356 e. The number of amides is 2. The third-order valence-corrected chi connectivity index (χ3v) is 4.64. The lowest BCUT2D eigenvalue weighted by Crippen LogP contribution is -2.47. The van der Waals surface area contributed by atoms with Gasteiger partial charge in [-0.15, -0.1) is 0 Å². The Bertz CT molecular complexity index is 621. The molecule has 0 aliphatic carbocycles. The Morgan fingerprint density at radius 2 is 2.18 bits per heavy atom. The number of carbonyl (C=O) groups is 2. The van der Waals surface area contributed by atoms with Crippen molar-refractivity contribution in [3.63, 3.8) is 0 Å². The number of hydrogen-bond donors (Lipinski definition) is 2. The second kappa shape index (κ2) is 5.90. The van der Waals surface area contributed by atoms with Crippen molar-refractivity contribution in [2.45, 2.75) is 32.1 Å². The first kappa shape index (κ1) is 14.7. The van der Waals surface area contributed by atoms with Crippen LogP contribution in [-0.4, -0.2) is 46.5 Å². The van der Waals surface area contributed by atoms with Gasteiger partial charge in [-0.2, -0.15) is 5.10 Å². The van der Waals surface area contributed by atoms with Crippen LogP contribution in [0.1, 0.15) is 31.4 Å². The SMILES string of the molecule is O=C(CCc1ccc(=O)[nH]n1)N1CC[C@@]2(CCCNC2=O)C1. The summed E-state index contributed by atoms with van der Waals surface area (Å²) >= 11 is 0. The van der Waals surface area contributed by atoms with Crippen LogP contribution in [0.2, 0.25) is 0 Å². The van der Waals surface area contributed by atoms with Crippen LogP contribution in [0.25, 0.3) is 0 Å². The van der Waals surface area contributed by atoms with E-state index in [-0.39, 0.29) is 22.8 Å². The Labute approximate surface area is 128 Å². The lowest BCUT2D eigenvalue weighted by atomic mass is 9.79. The average Bonchev–Trinajstić information content (AvgIpc) is 2.95. The van der Waals surface area contributed by atoms with Crippen LogP contribution >= 0.6 is 0 Å². The van der Waals surface area contributed by atoms with Crippen LogP contribution in [0.5, 0.6) is 0 Å².